The molecule has 3 amide bonds. The Morgan fingerprint density at radius 2 is 1.66 bits per heavy atom. The Kier molecular flexibility index (Phi) is 6.73. The third-order valence-corrected chi connectivity index (χ3v) is 6.37. The van der Waals surface area contributed by atoms with E-state index in [-0.39, 0.29) is 31.2 Å². The van der Waals surface area contributed by atoms with E-state index in [4.69, 9.17) is 9.47 Å². The predicted octanol–water partition coefficient (Wildman–Crippen LogP) is 2.94. The summed E-state index contributed by atoms with van der Waals surface area (Å²) in [6.45, 7) is 1.56. The number of thioether (sulfide) groups is 1. The summed E-state index contributed by atoms with van der Waals surface area (Å²) in [5.41, 5.74) is 1.44. The van der Waals surface area contributed by atoms with Gasteiger partial charge in [-0.2, -0.15) is 8.78 Å². The van der Waals surface area contributed by atoms with Gasteiger partial charge in [0.1, 0.15) is 6.61 Å². The molecule has 2 heterocycles. The fraction of sp³-hybridized carbons (Fsp3) is 0.318. The molecule has 0 saturated carbocycles. The van der Waals surface area contributed by atoms with Gasteiger partial charge in [0.25, 0.3) is 11.8 Å². The number of carbonyl (C=O) groups excluding carboxylic acids is 3. The maximum Gasteiger partial charge on any atom is 0.261 e. The average Bonchev–Trinajstić information content (AvgIpc) is 3.56. The summed E-state index contributed by atoms with van der Waals surface area (Å²) in [4.78, 5) is 37.9. The first kappa shape index (κ1) is 24.9. The lowest BCUT2D eigenvalue weighted by molar-refractivity contribution is -0.118. The molecule has 0 spiro atoms. The number of rotatable bonds is 9. The largest absolute Gasteiger partial charge is 0.452 e. The molecule has 1 N–H and O–H groups in total. The lowest BCUT2D eigenvalue weighted by atomic mass is 10.1. The van der Waals surface area contributed by atoms with Crippen LogP contribution in [0.25, 0.3) is 0 Å². The van der Waals surface area contributed by atoms with Crippen molar-refractivity contribution in [3.63, 3.8) is 0 Å². The van der Waals surface area contributed by atoms with Crippen molar-refractivity contribution in [3.05, 3.63) is 64.0 Å². The number of nitrogens with zero attached hydrogens (tertiary/aromatic N) is 1. The minimum atomic E-state index is -2.31. The molecule has 0 aliphatic carbocycles. The highest BCUT2D eigenvalue weighted by Gasteiger charge is 2.49. The first-order valence-electron chi connectivity index (χ1n) is 10.2. The number of halogens is 5. The van der Waals surface area contributed by atoms with E-state index in [0.29, 0.717) is 11.1 Å². The topological polar surface area (TPSA) is 88.2 Å². The Labute approximate surface area is 199 Å². The fourth-order valence-electron chi connectivity index (χ4n) is 3.38. The van der Waals surface area contributed by atoms with Gasteiger partial charge in [-0.25, -0.2) is 13.2 Å². The van der Waals surface area contributed by atoms with Gasteiger partial charge in [0, 0.05) is 13.1 Å². The molecule has 0 aromatic heterocycles. The monoisotopic (exact) mass is 516 g/mol. The van der Waals surface area contributed by atoms with Crippen molar-refractivity contribution in [1.82, 2.24) is 10.2 Å². The van der Waals surface area contributed by atoms with Crippen LogP contribution in [0.15, 0.2) is 18.2 Å². The second-order valence-corrected chi connectivity index (χ2v) is 8.84. The Balaban J connectivity index is 1.24. The Morgan fingerprint density at radius 1 is 1.06 bits per heavy atom. The molecule has 0 radical (unpaired) electrons. The molecule has 7 nitrogen and oxygen atoms in total. The van der Waals surface area contributed by atoms with Crippen molar-refractivity contribution in [3.8, 4) is 5.75 Å². The Bertz CT molecular complexity index is 1210. The van der Waals surface area contributed by atoms with Crippen LogP contribution in [0.5, 0.6) is 5.75 Å². The first-order valence-corrected chi connectivity index (χ1v) is 11.4. The highest BCUT2D eigenvalue weighted by molar-refractivity contribution is 8.00. The number of hydrogen-bond donors (Lipinski definition) is 1. The first-order chi connectivity index (χ1) is 16.5. The van der Waals surface area contributed by atoms with Gasteiger partial charge in [-0.15, -0.1) is 11.8 Å². The second kappa shape index (κ2) is 9.46. The molecule has 1 fully saturated rings. The molecule has 1 atom stereocenters. The standard InChI is InChI=1S/C22H17F5N2O5S/c1-10-2-3-11-12(6-10)21(32)29(20(11)31)5-4-28-13(30)7-35-9-22(8-33-22)34-19-17(26)15(24)14(23)16(25)18(19)27/h2-3,6H,4-5,7-9H2,1H3,(H,28,30). The summed E-state index contributed by atoms with van der Waals surface area (Å²) in [6.07, 6.45) is 0. The SMILES string of the molecule is Cc1ccc2c(c1)C(=O)N(CCNC(=O)CSCC1(Oc3c(F)c(F)c(F)c(F)c3F)CO1)C2=O. The number of aryl methyl sites for hydroxylation is 1. The number of fused-ring (bicyclic) bond motifs is 1. The van der Waals surface area contributed by atoms with Crippen LogP contribution in [0.4, 0.5) is 22.0 Å². The predicted molar refractivity (Wildman–Crippen MR) is 112 cm³/mol. The van der Waals surface area contributed by atoms with E-state index in [1.54, 1.807) is 25.1 Å². The van der Waals surface area contributed by atoms with E-state index in [2.05, 4.69) is 5.32 Å². The van der Waals surface area contributed by atoms with Crippen LogP contribution < -0.4 is 10.1 Å². The molecule has 186 valence electrons. The van der Waals surface area contributed by atoms with Gasteiger partial charge >= 0.3 is 0 Å². The fourth-order valence-corrected chi connectivity index (χ4v) is 4.30. The number of epoxide rings is 1. The Morgan fingerprint density at radius 3 is 2.29 bits per heavy atom. The maximum absolute atomic E-state index is 13.8. The van der Waals surface area contributed by atoms with E-state index < -0.39 is 58.3 Å². The van der Waals surface area contributed by atoms with Crippen molar-refractivity contribution in [2.45, 2.75) is 12.7 Å². The van der Waals surface area contributed by atoms with Gasteiger partial charge in [-0.3, -0.25) is 19.3 Å². The third kappa shape index (κ3) is 4.82. The van der Waals surface area contributed by atoms with Crippen LogP contribution in [0.2, 0.25) is 0 Å². The van der Waals surface area contributed by atoms with Crippen LogP contribution >= 0.6 is 11.8 Å². The van der Waals surface area contributed by atoms with E-state index in [0.717, 1.165) is 22.2 Å². The summed E-state index contributed by atoms with van der Waals surface area (Å²) in [7, 11) is 0. The maximum atomic E-state index is 13.8. The molecule has 1 saturated heterocycles. The summed E-state index contributed by atoms with van der Waals surface area (Å²) >= 11 is 0.932. The lowest BCUT2D eigenvalue weighted by Gasteiger charge is -2.16. The van der Waals surface area contributed by atoms with Gasteiger partial charge in [0.2, 0.25) is 46.5 Å². The molecule has 2 aliphatic heterocycles. The van der Waals surface area contributed by atoms with Crippen LogP contribution in [0, 0.1) is 36.0 Å². The van der Waals surface area contributed by atoms with Crippen molar-refractivity contribution in [1.29, 1.82) is 0 Å². The van der Waals surface area contributed by atoms with E-state index in [1.165, 1.54) is 0 Å². The van der Waals surface area contributed by atoms with Crippen LogP contribution in [0.3, 0.4) is 0 Å². The highest BCUT2D eigenvalue weighted by atomic mass is 32.2. The number of benzene rings is 2. The van der Waals surface area contributed by atoms with E-state index in [9.17, 15) is 36.3 Å². The molecule has 0 bridgehead atoms. The summed E-state index contributed by atoms with van der Waals surface area (Å²) in [5.74, 6) is -15.6. The molecule has 1 unspecified atom stereocenters. The normalized spacial score (nSPS) is 18.6. The van der Waals surface area contributed by atoms with Gasteiger partial charge in [0.15, 0.2) is 0 Å². The molecular formula is C22H17F5N2O5S. The van der Waals surface area contributed by atoms with Gasteiger partial charge in [0.05, 0.1) is 22.6 Å². The molecule has 4 rings (SSSR count). The summed E-state index contributed by atoms with van der Waals surface area (Å²) < 4.78 is 77.4. The number of nitrogens with one attached hydrogen (secondary N) is 1. The van der Waals surface area contributed by atoms with Gasteiger partial charge < -0.3 is 14.8 Å². The van der Waals surface area contributed by atoms with Crippen LogP contribution in [-0.4, -0.2) is 59.6 Å². The molecular weight excluding hydrogens is 499 g/mol. The van der Waals surface area contributed by atoms with E-state index in [1.807, 2.05) is 0 Å². The number of ether oxygens (including phenoxy) is 2. The average molecular weight is 516 g/mol. The van der Waals surface area contributed by atoms with Crippen molar-refractivity contribution in [2.75, 3.05) is 31.2 Å². The minimum absolute atomic E-state index is 0.00740. The highest BCUT2D eigenvalue weighted by Crippen LogP contribution is 2.38. The molecule has 2 aromatic rings. The second-order valence-electron chi connectivity index (χ2n) is 7.85. The third-order valence-electron chi connectivity index (χ3n) is 5.26. The summed E-state index contributed by atoms with van der Waals surface area (Å²) in [6, 6.07) is 4.91. The van der Waals surface area contributed by atoms with Gasteiger partial charge in [-0.05, 0) is 19.1 Å². The molecule has 35 heavy (non-hydrogen) atoms. The number of imide groups is 1. The van der Waals surface area contributed by atoms with Crippen LogP contribution in [0.1, 0.15) is 26.3 Å². The number of carbonyl (C=O) groups is 3. The van der Waals surface area contributed by atoms with Crippen molar-refractivity contribution >= 4 is 29.5 Å². The van der Waals surface area contributed by atoms with Crippen molar-refractivity contribution in [2.24, 2.45) is 0 Å². The minimum Gasteiger partial charge on any atom is -0.452 e. The summed E-state index contributed by atoms with van der Waals surface area (Å²) in [5, 5.41) is 2.54. The van der Waals surface area contributed by atoms with E-state index >= 15 is 0 Å². The molecule has 13 heteroatoms. The smallest absolute Gasteiger partial charge is 0.261 e. The number of hydrogen-bond acceptors (Lipinski definition) is 6. The van der Waals surface area contributed by atoms with Crippen molar-refractivity contribution < 1.29 is 45.8 Å². The lowest BCUT2D eigenvalue weighted by Crippen LogP contribution is -2.38. The zero-order chi connectivity index (χ0) is 25.5. The quantitative estimate of drug-likeness (QED) is 0.181. The zero-order valence-electron chi connectivity index (χ0n) is 18.1. The van der Waals surface area contributed by atoms with Gasteiger partial charge in [-0.1, -0.05) is 11.6 Å². The van der Waals surface area contributed by atoms with Crippen LogP contribution in [-0.2, 0) is 9.53 Å². The molecule has 2 aromatic carbocycles. The molecule has 2 aliphatic rings. The number of amides is 3. The Hall–Kier alpha value is -3.19. The zero-order valence-corrected chi connectivity index (χ0v) is 18.9.